The molecule has 0 atom stereocenters. The van der Waals surface area contributed by atoms with E-state index in [0.717, 1.165) is 32.3 Å². The van der Waals surface area contributed by atoms with Gasteiger partial charge in [-0.3, -0.25) is 0 Å². The van der Waals surface area contributed by atoms with Crippen molar-refractivity contribution in [3.63, 3.8) is 0 Å². The van der Waals surface area contributed by atoms with Crippen LogP contribution in [0.25, 0.3) is 0 Å². The van der Waals surface area contributed by atoms with Crippen LogP contribution in [0, 0.1) is 10.5 Å². The largest absolute Gasteiger partial charge is 0.744 e. The van der Waals surface area contributed by atoms with Crippen LogP contribution in [-0.2, 0) is 25.8 Å². The van der Waals surface area contributed by atoms with Gasteiger partial charge in [0, 0.05) is 0 Å². The summed E-state index contributed by atoms with van der Waals surface area (Å²) in [4.78, 5) is 22.1. The number of rotatable bonds is 9. The molecule has 0 saturated heterocycles. The Labute approximate surface area is 209 Å². The van der Waals surface area contributed by atoms with Crippen LogP contribution in [0.4, 0.5) is 0 Å². The van der Waals surface area contributed by atoms with Crippen molar-refractivity contribution in [3.05, 3.63) is 57.7 Å². The molecule has 0 aliphatic heterocycles. The van der Waals surface area contributed by atoms with E-state index < -0.39 is 42.7 Å². The molecule has 0 heterocycles. The second-order valence-electron chi connectivity index (χ2n) is 8.29. The third kappa shape index (κ3) is 12.9. The molecule has 190 valence electrons. The summed E-state index contributed by atoms with van der Waals surface area (Å²) in [5.74, 6) is -0.147. The van der Waals surface area contributed by atoms with Gasteiger partial charge in [-0.2, -0.15) is 0 Å². The summed E-state index contributed by atoms with van der Waals surface area (Å²) in [6.45, 7) is 6.11. The molecule has 2 aromatic rings. The molecule has 2 aromatic carbocycles. The van der Waals surface area contributed by atoms with Gasteiger partial charge in [0.2, 0.25) is 0 Å². The van der Waals surface area contributed by atoms with E-state index in [1.54, 1.807) is 36.4 Å². The van der Waals surface area contributed by atoms with Gasteiger partial charge in [-0.1, -0.05) is 17.7 Å². The van der Waals surface area contributed by atoms with Crippen molar-refractivity contribution in [2.24, 2.45) is 0 Å². The molecule has 0 aromatic heterocycles. The van der Waals surface area contributed by atoms with E-state index in [-0.39, 0.29) is 4.90 Å². The molecular formula is C23H32INO8S. The maximum atomic E-state index is 11.1. The number of quaternary nitrogens is 1. The Morgan fingerprint density at radius 2 is 1.41 bits per heavy atom. The predicted molar refractivity (Wildman–Crippen MR) is 135 cm³/mol. The van der Waals surface area contributed by atoms with E-state index in [9.17, 15) is 22.6 Å². The van der Waals surface area contributed by atoms with Crippen LogP contribution in [0.3, 0.4) is 0 Å². The zero-order valence-corrected chi connectivity index (χ0v) is 23.2. The zero-order valence-electron chi connectivity index (χ0n) is 20.2. The summed E-state index contributed by atoms with van der Waals surface area (Å²) < 4.78 is 48.8. The molecule has 0 aliphatic carbocycles. The van der Waals surface area contributed by atoms with Gasteiger partial charge >= 0.3 is 146 Å². The Morgan fingerprint density at radius 3 is 1.82 bits per heavy atom. The van der Waals surface area contributed by atoms with Crippen molar-refractivity contribution in [1.29, 1.82) is 0 Å². The first-order valence-electron chi connectivity index (χ1n) is 10.3. The van der Waals surface area contributed by atoms with Gasteiger partial charge in [0.25, 0.3) is 0 Å². The van der Waals surface area contributed by atoms with Crippen LogP contribution in [0.15, 0.2) is 53.4 Å². The molecule has 11 heteroatoms. The summed E-state index contributed by atoms with van der Waals surface area (Å²) in [5.41, 5.74) is 0.928. The van der Waals surface area contributed by atoms with E-state index in [2.05, 4.69) is 21.1 Å². The van der Waals surface area contributed by atoms with E-state index in [0.29, 0.717) is 6.61 Å². The van der Waals surface area contributed by atoms with Gasteiger partial charge in [-0.15, -0.1) is 0 Å². The summed E-state index contributed by atoms with van der Waals surface area (Å²) in [6.07, 6.45) is 0.963. The van der Waals surface area contributed by atoms with Crippen molar-refractivity contribution in [1.82, 2.24) is 0 Å². The summed E-state index contributed by atoms with van der Waals surface area (Å²) in [5, 5.41) is 0. The maximum absolute atomic E-state index is 11.1. The third-order valence-corrected chi connectivity index (χ3v) is 8.53. The van der Waals surface area contributed by atoms with E-state index >= 15 is 0 Å². The minimum Gasteiger partial charge on any atom is -0.744 e. The average Bonchev–Trinajstić information content (AvgIpc) is 2.70. The topological polar surface area (TPSA) is 119 Å². The second kappa shape index (κ2) is 13.6. The minimum atomic E-state index is -4.27. The number of benzene rings is 2. The number of ether oxygens (including phenoxy) is 1. The summed E-state index contributed by atoms with van der Waals surface area (Å²) in [6, 6.07) is 13.0. The van der Waals surface area contributed by atoms with Crippen LogP contribution in [0.5, 0.6) is 5.75 Å². The van der Waals surface area contributed by atoms with Crippen LogP contribution in [-0.4, -0.2) is 63.7 Å². The molecular weight excluding hydrogens is 577 g/mol. The SMILES string of the molecule is CC(=O)OI(OC(C)=O)c1ccc(OCCC[N+](C)(C)C)cc1.Cc1ccc(S(=O)(=O)[O-])cc1. The number of hydrogen-bond donors (Lipinski definition) is 0. The molecule has 0 fully saturated rings. The van der Waals surface area contributed by atoms with E-state index in [1.165, 1.54) is 26.0 Å². The Kier molecular flexibility index (Phi) is 11.9. The Bertz CT molecular complexity index is 1020. The zero-order chi connectivity index (χ0) is 25.9. The van der Waals surface area contributed by atoms with Gasteiger partial charge in [0.1, 0.15) is 10.1 Å². The number of carbonyl (C=O) groups is 2. The molecule has 0 amide bonds. The van der Waals surface area contributed by atoms with Gasteiger partial charge < -0.3 is 4.55 Å². The molecule has 0 bridgehead atoms. The molecule has 2 rings (SSSR count). The molecule has 0 radical (unpaired) electrons. The molecule has 0 saturated carbocycles. The monoisotopic (exact) mass is 609 g/mol. The molecule has 0 spiro atoms. The van der Waals surface area contributed by atoms with Crippen molar-refractivity contribution >= 4 is 42.7 Å². The van der Waals surface area contributed by atoms with Gasteiger partial charge in [-0.25, -0.2) is 8.42 Å². The fourth-order valence-corrected chi connectivity index (χ4v) is 5.51. The van der Waals surface area contributed by atoms with Crippen LogP contribution in [0.2, 0.25) is 0 Å². The van der Waals surface area contributed by atoms with E-state index in [4.69, 9.17) is 10.9 Å². The number of aryl methyl sites for hydroxylation is 1. The molecule has 9 nitrogen and oxygen atoms in total. The first-order chi connectivity index (χ1) is 15.7. The normalized spacial score (nSPS) is 11.6. The fraction of sp³-hybridized carbons (Fsp3) is 0.391. The molecule has 0 N–H and O–H groups in total. The van der Waals surface area contributed by atoms with Crippen LogP contribution >= 0.6 is 20.6 Å². The Balaban J connectivity index is 0.000000437. The minimum absolute atomic E-state index is 0.178. The predicted octanol–water partition coefficient (Wildman–Crippen LogP) is 3.69. The Hall–Kier alpha value is -2.22. The van der Waals surface area contributed by atoms with Crippen LogP contribution < -0.4 is 4.74 Å². The molecule has 34 heavy (non-hydrogen) atoms. The number of nitrogens with zero attached hydrogens (tertiary/aromatic N) is 1. The van der Waals surface area contributed by atoms with Crippen molar-refractivity contribution in [2.75, 3.05) is 34.3 Å². The first kappa shape index (κ1) is 29.8. The van der Waals surface area contributed by atoms with Crippen LogP contribution in [0.1, 0.15) is 25.8 Å². The maximum Gasteiger partial charge on any atom is 0.124 e. The molecule has 0 aliphatic rings. The first-order valence-corrected chi connectivity index (χ1v) is 14.6. The quantitative estimate of drug-likeness (QED) is 0.183. The third-order valence-electron chi connectivity index (χ3n) is 3.90. The van der Waals surface area contributed by atoms with Crippen molar-refractivity contribution < 1.29 is 37.9 Å². The second-order valence-corrected chi connectivity index (χ2v) is 13.0. The average molecular weight is 609 g/mol. The van der Waals surface area contributed by atoms with Gasteiger partial charge in [0.15, 0.2) is 0 Å². The number of hydrogen-bond acceptors (Lipinski definition) is 8. The summed E-state index contributed by atoms with van der Waals surface area (Å²) in [7, 11) is 2.16. The molecule has 0 unspecified atom stereocenters. The van der Waals surface area contributed by atoms with E-state index in [1.807, 2.05) is 6.92 Å². The van der Waals surface area contributed by atoms with Crippen molar-refractivity contribution in [3.8, 4) is 5.75 Å². The summed E-state index contributed by atoms with van der Waals surface area (Å²) >= 11 is -2.74. The van der Waals surface area contributed by atoms with Gasteiger partial charge in [0.05, 0.1) is 4.90 Å². The number of carbonyl (C=O) groups excluding carboxylic acids is 2. The fourth-order valence-electron chi connectivity index (χ4n) is 2.37. The van der Waals surface area contributed by atoms with Gasteiger partial charge in [-0.05, 0) is 19.1 Å². The van der Waals surface area contributed by atoms with Crippen molar-refractivity contribution in [2.45, 2.75) is 32.1 Å². The number of halogens is 1. The standard InChI is InChI=1S/C16H25INO5.C7H8O3S/c1-13(19)22-17(23-14(2)20)15-7-9-16(10-8-15)21-12-6-11-18(3,4)5;1-6-2-4-7(5-3-6)11(8,9)10/h7-10H,6,11-12H2,1-5H3;2-5H,1H3,(H,8,9,10)/q+1;/p-1. The smallest absolute Gasteiger partial charge is 0.124 e. The Morgan fingerprint density at radius 1 is 0.912 bits per heavy atom.